The molecule has 0 unspecified atom stereocenters. The van der Waals surface area contributed by atoms with E-state index in [1.165, 1.54) is 69.3 Å². The average molecular weight is 367 g/mol. The van der Waals surface area contributed by atoms with E-state index in [1.807, 2.05) is 0 Å². The second-order valence-corrected chi connectivity index (χ2v) is 9.34. The number of carbonyl (C=O) groups is 1. The number of fused-ring (bicyclic) bond motifs is 2. The van der Waals surface area contributed by atoms with Crippen LogP contribution in [0.15, 0.2) is 12.2 Å². The minimum Gasteiger partial charge on any atom is -0.481 e. The molecule has 2 rings (SSSR count). The summed E-state index contributed by atoms with van der Waals surface area (Å²) < 4.78 is 0. The Hall–Kier alpha value is -0.440. The number of hydrogen-bond acceptors (Lipinski definition) is 2. The van der Waals surface area contributed by atoms with E-state index < -0.39 is 5.97 Å². The van der Waals surface area contributed by atoms with Crippen molar-refractivity contribution < 1.29 is 9.90 Å². The van der Waals surface area contributed by atoms with Crippen LogP contribution in [-0.4, -0.2) is 22.6 Å². The van der Waals surface area contributed by atoms with Crippen LogP contribution >= 0.6 is 11.8 Å². The number of carboxylic acids is 1. The number of unbranched alkanes of at least 4 members (excludes halogenated alkanes) is 4. The lowest BCUT2D eigenvalue weighted by Crippen LogP contribution is -2.22. The fraction of sp³-hybridized carbons (Fsp3) is 0.864. The quantitative estimate of drug-likeness (QED) is 0.279. The smallest absolute Gasteiger partial charge is 0.303 e. The Kier molecular flexibility index (Phi) is 10.0. The van der Waals surface area contributed by atoms with Gasteiger partial charge in [-0.2, -0.15) is 11.8 Å². The highest BCUT2D eigenvalue weighted by atomic mass is 32.2. The Bertz CT molecular complexity index is 407. The zero-order chi connectivity index (χ0) is 17.9. The van der Waals surface area contributed by atoms with Crippen molar-refractivity contribution in [2.45, 2.75) is 84.0 Å². The molecule has 0 spiro atoms. The Morgan fingerprint density at radius 3 is 2.60 bits per heavy atom. The van der Waals surface area contributed by atoms with Gasteiger partial charge in [0.1, 0.15) is 0 Å². The lowest BCUT2D eigenvalue weighted by atomic mass is 9.76. The summed E-state index contributed by atoms with van der Waals surface area (Å²) in [5, 5.41) is 8.69. The van der Waals surface area contributed by atoms with Crippen molar-refractivity contribution in [1.29, 1.82) is 0 Å². The molecular formula is C22H38O2S. The lowest BCUT2D eigenvalue weighted by molar-refractivity contribution is -0.137. The lowest BCUT2D eigenvalue weighted by Gasteiger charge is -2.30. The summed E-state index contributed by atoms with van der Waals surface area (Å²) in [7, 11) is 0. The van der Waals surface area contributed by atoms with Gasteiger partial charge in [-0.1, -0.05) is 38.3 Å². The maximum atomic E-state index is 10.5. The number of hydrogen-bond donors (Lipinski definition) is 1. The standard InChI is InChI=1S/C22H38O2S/c1-2-3-4-9-15-25-16-14-21-19-13-12-18(17-19)20(21)10-7-5-6-8-11-22(23)24/h5,7,18-21H,2-4,6,8-17H2,1H3,(H,23,24)/b7-5-/t18-,19+,20-,21+/m0/s1. The van der Waals surface area contributed by atoms with Crippen LogP contribution in [0, 0.1) is 23.7 Å². The van der Waals surface area contributed by atoms with Crippen molar-refractivity contribution in [2.24, 2.45) is 23.7 Å². The van der Waals surface area contributed by atoms with Gasteiger partial charge in [0.25, 0.3) is 0 Å². The molecule has 0 amide bonds. The predicted molar refractivity (Wildman–Crippen MR) is 109 cm³/mol. The van der Waals surface area contributed by atoms with Crippen LogP contribution < -0.4 is 0 Å². The van der Waals surface area contributed by atoms with Crippen molar-refractivity contribution >= 4 is 17.7 Å². The highest BCUT2D eigenvalue weighted by molar-refractivity contribution is 7.99. The molecule has 2 aliphatic carbocycles. The average Bonchev–Trinajstić information content (AvgIpc) is 3.19. The van der Waals surface area contributed by atoms with Gasteiger partial charge in [-0.25, -0.2) is 0 Å². The van der Waals surface area contributed by atoms with Crippen LogP contribution in [0.25, 0.3) is 0 Å². The molecule has 0 radical (unpaired) electrons. The fourth-order valence-electron chi connectivity index (χ4n) is 5.04. The maximum absolute atomic E-state index is 10.5. The third kappa shape index (κ3) is 7.37. The maximum Gasteiger partial charge on any atom is 0.303 e. The van der Waals surface area contributed by atoms with Crippen LogP contribution in [0.2, 0.25) is 0 Å². The molecule has 0 heterocycles. The first-order valence-corrected chi connectivity index (χ1v) is 11.8. The predicted octanol–water partition coefficient (Wildman–Crippen LogP) is 6.55. The largest absolute Gasteiger partial charge is 0.481 e. The molecule has 3 heteroatoms. The molecule has 1 N–H and O–H groups in total. The second-order valence-electron chi connectivity index (χ2n) is 8.12. The molecule has 25 heavy (non-hydrogen) atoms. The van der Waals surface area contributed by atoms with Gasteiger partial charge in [0.05, 0.1) is 0 Å². The molecule has 2 saturated carbocycles. The third-order valence-electron chi connectivity index (χ3n) is 6.35. The zero-order valence-corrected chi connectivity index (χ0v) is 16.9. The number of thioether (sulfide) groups is 1. The summed E-state index contributed by atoms with van der Waals surface area (Å²) >= 11 is 2.18. The minimum absolute atomic E-state index is 0.302. The molecular weight excluding hydrogens is 328 g/mol. The molecule has 144 valence electrons. The molecule has 0 saturated heterocycles. The van der Waals surface area contributed by atoms with Gasteiger partial charge in [-0.05, 0) is 86.5 Å². The zero-order valence-electron chi connectivity index (χ0n) is 16.1. The van der Waals surface area contributed by atoms with E-state index in [9.17, 15) is 4.79 Å². The molecule has 0 aromatic rings. The Balaban J connectivity index is 1.63. The molecule has 2 aliphatic rings. The van der Waals surface area contributed by atoms with Crippen LogP contribution in [0.5, 0.6) is 0 Å². The van der Waals surface area contributed by atoms with Crippen LogP contribution in [0.4, 0.5) is 0 Å². The molecule has 0 aromatic heterocycles. The van der Waals surface area contributed by atoms with Crippen molar-refractivity contribution in [3.05, 3.63) is 12.2 Å². The Labute approximate surface area is 159 Å². The summed E-state index contributed by atoms with van der Waals surface area (Å²) in [4.78, 5) is 10.5. The van der Waals surface area contributed by atoms with E-state index in [4.69, 9.17) is 5.11 Å². The Morgan fingerprint density at radius 1 is 1.04 bits per heavy atom. The van der Waals surface area contributed by atoms with Crippen molar-refractivity contribution in [3.63, 3.8) is 0 Å². The monoisotopic (exact) mass is 366 g/mol. The number of carboxylic acid groups (broad SMARTS) is 1. The minimum atomic E-state index is -0.672. The highest BCUT2D eigenvalue weighted by Gasteiger charge is 2.45. The molecule has 2 bridgehead atoms. The summed E-state index contributed by atoms with van der Waals surface area (Å²) in [5.41, 5.74) is 0. The normalized spacial score (nSPS) is 28.2. The van der Waals surface area contributed by atoms with Gasteiger partial charge in [-0.15, -0.1) is 0 Å². The first kappa shape index (κ1) is 20.9. The van der Waals surface area contributed by atoms with Crippen LogP contribution in [0.3, 0.4) is 0 Å². The molecule has 0 aliphatic heterocycles. The number of rotatable bonds is 14. The van der Waals surface area contributed by atoms with Crippen molar-refractivity contribution in [1.82, 2.24) is 0 Å². The third-order valence-corrected chi connectivity index (χ3v) is 7.45. The fourth-order valence-corrected chi connectivity index (χ4v) is 6.09. The first-order valence-electron chi connectivity index (χ1n) is 10.7. The summed E-state index contributed by atoms with van der Waals surface area (Å²) in [6, 6.07) is 0. The highest BCUT2D eigenvalue weighted by Crippen LogP contribution is 2.55. The van der Waals surface area contributed by atoms with Crippen molar-refractivity contribution in [3.8, 4) is 0 Å². The van der Waals surface area contributed by atoms with Crippen molar-refractivity contribution in [2.75, 3.05) is 11.5 Å². The number of aliphatic carboxylic acids is 1. The second kappa shape index (κ2) is 12.0. The van der Waals surface area contributed by atoms with E-state index >= 15 is 0 Å². The van der Waals surface area contributed by atoms with Gasteiger partial charge in [0, 0.05) is 6.42 Å². The van der Waals surface area contributed by atoms with Gasteiger partial charge < -0.3 is 5.11 Å². The topological polar surface area (TPSA) is 37.3 Å². The molecule has 2 nitrogen and oxygen atoms in total. The molecule has 4 atom stereocenters. The molecule has 2 fully saturated rings. The van der Waals surface area contributed by atoms with E-state index in [0.717, 1.165) is 36.5 Å². The summed E-state index contributed by atoms with van der Waals surface area (Å²) in [5.74, 6) is 5.91. The number of allylic oxidation sites excluding steroid dienone is 2. The summed E-state index contributed by atoms with van der Waals surface area (Å²) in [6.07, 6.45) is 19.2. The van der Waals surface area contributed by atoms with Crippen LogP contribution in [0.1, 0.15) is 84.0 Å². The van der Waals surface area contributed by atoms with E-state index in [2.05, 4.69) is 30.8 Å². The molecule has 0 aromatic carbocycles. The first-order chi connectivity index (χ1) is 12.2. The van der Waals surface area contributed by atoms with E-state index in [1.54, 1.807) is 0 Å². The Morgan fingerprint density at radius 2 is 1.84 bits per heavy atom. The van der Waals surface area contributed by atoms with E-state index in [0.29, 0.717) is 6.42 Å². The van der Waals surface area contributed by atoms with Gasteiger partial charge in [0.2, 0.25) is 0 Å². The summed E-state index contributed by atoms with van der Waals surface area (Å²) in [6.45, 7) is 2.28. The SMILES string of the molecule is CCCCCCSCC[C@@H]1[C@@H]2CC[C@@H](C2)[C@@H]1C/C=C\CCCC(=O)O. The van der Waals surface area contributed by atoms with Gasteiger partial charge in [-0.3, -0.25) is 4.79 Å². The van der Waals surface area contributed by atoms with Crippen LogP contribution in [-0.2, 0) is 4.79 Å². The van der Waals surface area contributed by atoms with Gasteiger partial charge >= 0.3 is 5.97 Å². The van der Waals surface area contributed by atoms with Gasteiger partial charge in [0.15, 0.2) is 0 Å². The van der Waals surface area contributed by atoms with E-state index in [-0.39, 0.29) is 0 Å².